The maximum absolute atomic E-state index is 13.0. The smallest absolute Gasteiger partial charge is 0.229 e. The van der Waals surface area contributed by atoms with Crippen LogP contribution in [0.25, 0.3) is 0 Å². The molecule has 7 nitrogen and oxygen atoms in total. The molecule has 0 radical (unpaired) electrons. The molecule has 0 aromatic heterocycles. The van der Waals surface area contributed by atoms with Gasteiger partial charge in [-0.05, 0) is 18.6 Å². The number of likely N-dealkylation sites (tertiary alicyclic amines) is 1. The SMILES string of the molecule is C[C@]12C(=O)c3ccccc3NC(=O)[C@@H]1[C@H]2C(=O)NCCN1CCCC1=O. The Morgan fingerprint density at radius 1 is 1.31 bits per heavy atom. The van der Waals surface area contributed by atoms with Crippen LogP contribution in [0.15, 0.2) is 24.3 Å². The zero-order valence-corrected chi connectivity index (χ0v) is 14.6. The van der Waals surface area contributed by atoms with Gasteiger partial charge in [0.2, 0.25) is 17.7 Å². The minimum atomic E-state index is -1.01. The van der Waals surface area contributed by atoms with E-state index in [4.69, 9.17) is 0 Å². The molecule has 1 saturated carbocycles. The van der Waals surface area contributed by atoms with E-state index in [9.17, 15) is 19.2 Å². The van der Waals surface area contributed by atoms with Gasteiger partial charge >= 0.3 is 0 Å². The number of carbonyl (C=O) groups is 4. The first kappa shape index (κ1) is 16.8. The molecule has 2 aliphatic heterocycles. The minimum absolute atomic E-state index is 0.106. The zero-order valence-electron chi connectivity index (χ0n) is 14.6. The number of anilines is 1. The van der Waals surface area contributed by atoms with E-state index in [1.807, 2.05) is 0 Å². The van der Waals surface area contributed by atoms with E-state index in [-0.39, 0.29) is 23.5 Å². The number of hydrogen-bond donors (Lipinski definition) is 2. The van der Waals surface area contributed by atoms with E-state index in [1.165, 1.54) is 0 Å². The molecule has 1 saturated heterocycles. The molecule has 2 fully saturated rings. The Hall–Kier alpha value is -2.70. The number of fused-ring (bicyclic) bond motifs is 2. The average Bonchev–Trinajstić information content (AvgIpc) is 3.10. The molecule has 2 heterocycles. The van der Waals surface area contributed by atoms with Crippen LogP contribution < -0.4 is 10.6 Å². The van der Waals surface area contributed by atoms with Crippen molar-refractivity contribution < 1.29 is 19.2 Å². The summed E-state index contributed by atoms with van der Waals surface area (Å²) in [4.78, 5) is 51.4. The van der Waals surface area contributed by atoms with Gasteiger partial charge in [0.25, 0.3) is 0 Å². The van der Waals surface area contributed by atoms with Crippen molar-refractivity contribution in [3.63, 3.8) is 0 Å². The minimum Gasteiger partial charge on any atom is -0.354 e. The topological polar surface area (TPSA) is 95.6 Å². The Balaban J connectivity index is 1.46. The van der Waals surface area contributed by atoms with Crippen molar-refractivity contribution in [2.24, 2.45) is 17.3 Å². The van der Waals surface area contributed by atoms with Crippen LogP contribution in [0, 0.1) is 17.3 Å². The van der Waals surface area contributed by atoms with Crippen LogP contribution in [0.2, 0.25) is 0 Å². The van der Waals surface area contributed by atoms with E-state index >= 15 is 0 Å². The van der Waals surface area contributed by atoms with Crippen LogP contribution in [-0.2, 0) is 14.4 Å². The molecule has 1 aromatic rings. The van der Waals surface area contributed by atoms with Gasteiger partial charge in [0.05, 0.1) is 22.9 Å². The quantitative estimate of drug-likeness (QED) is 0.836. The monoisotopic (exact) mass is 355 g/mol. The van der Waals surface area contributed by atoms with Gasteiger partial charge in [-0.25, -0.2) is 0 Å². The highest BCUT2D eigenvalue weighted by Crippen LogP contribution is 2.62. The van der Waals surface area contributed by atoms with Crippen molar-refractivity contribution in [1.82, 2.24) is 10.2 Å². The predicted molar refractivity (Wildman–Crippen MR) is 93.3 cm³/mol. The van der Waals surface area contributed by atoms with Crippen LogP contribution >= 0.6 is 0 Å². The lowest BCUT2D eigenvalue weighted by Gasteiger charge is -2.16. The number of hydrogen-bond acceptors (Lipinski definition) is 4. The Kier molecular flexibility index (Phi) is 3.82. The molecule has 26 heavy (non-hydrogen) atoms. The van der Waals surface area contributed by atoms with Crippen LogP contribution in [0.4, 0.5) is 5.69 Å². The summed E-state index contributed by atoms with van der Waals surface area (Å²) in [5, 5.41) is 5.56. The molecular weight excluding hydrogens is 334 g/mol. The fourth-order valence-corrected chi connectivity index (χ4v) is 4.30. The predicted octanol–water partition coefficient (Wildman–Crippen LogP) is 0.812. The van der Waals surface area contributed by atoms with E-state index in [0.29, 0.717) is 30.8 Å². The fraction of sp³-hybridized carbons (Fsp3) is 0.474. The second-order valence-corrected chi connectivity index (χ2v) is 7.38. The van der Waals surface area contributed by atoms with Gasteiger partial charge in [-0.15, -0.1) is 0 Å². The van der Waals surface area contributed by atoms with Crippen molar-refractivity contribution in [2.45, 2.75) is 19.8 Å². The molecule has 4 rings (SSSR count). The molecule has 0 bridgehead atoms. The molecule has 1 aromatic carbocycles. The maximum atomic E-state index is 13.0. The van der Waals surface area contributed by atoms with E-state index < -0.39 is 17.3 Å². The highest BCUT2D eigenvalue weighted by atomic mass is 16.2. The third-order valence-corrected chi connectivity index (χ3v) is 5.85. The molecule has 3 atom stereocenters. The molecular formula is C19H21N3O4. The van der Waals surface area contributed by atoms with Gasteiger partial charge < -0.3 is 15.5 Å². The van der Waals surface area contributed by atoms with Crippen molar-refractivity contribution in [2.75, 3.05) is 25.0 Å². The Morgan fingerprint density at radius 3 is 2.81 bits per heavy atom. The maximum Gasteiger partial charge on any atom is 0.229 e. The van der Waals surface area contributed by atoms with E-state index in [2.05, 4.69) is 10.6 Å². The summed E-state index contributed by atoms with van der Waals surface area (Å²) in [5.74, 6) is -1.98. The molecule has 136 valence electrons. The van der Waals surface area contributed by atoms with Gasteiger partial charge in [0.15, 0.2) is 5.78 Å². The summed E-state index contributed by atoms with van der Waals surface area (Å²) >= 11 is 0. The first-order chi connectivity index (χ1) is 12.4. The third-order valence-electron chi connectivity index (χ3n) is 5.85. The lowest BCUT2D eigenvalue weighted by molar-refractivity contribution is -0.128. The summed E-state index contributed by atoms with van der Waals surface area (Å²) in [5.41, 5.74) is -0.0593. The fourth-order valence-electron chi connectivity index (χ4n) is 4.30. The van der Waals surface area contributed by atoms with Crippen molar-refractivity contribution in [1.29, 1.82) is 0 Å². The van der Waals surface area contributed by atoms with Crippen molar-refractivity contribution >= 4 is 29.2 Å². The molecule has 0 spiro atoms. The molecule has 1 aliphatic carbocycles. The standard InChI is InChI=1S/C19H21N3O4/c1-19-14(17(25)20-8-10-22-9-4-7-13(22)23)15(19)18(26)21-12-6-3-2-5-11(12)16(19)24/h2-3,5-6,14-15H,4,7-10H2,1H3,(H,20,25)(H,21,26)/t14-,15-,19+/m0/s1. The second-order valence-electron chi connectivity index (χ2n) is 7.38. The Labute approximate surface area is 151 Å². The molecule has 2 N–H and O–H groups in total. The summed E-state index contributed by atoms with van der Waals surface area (Å²) in [7, 11) is 0. The van der Waals surface area contributed by atoms with Crippen LogP contribution in [0.5, 0.6) is 0 Å². The summed E-state index contributed by atoms with van der Waals surface area (Å²) in [6.45, 7) is 3.20. The number of carbonyl (C=O) groups excluding carboxylic acids is 4. The second kappa shape index (κ2) is 5.93. The number of para-hydroxylation sites is 1. The average molecular weight is 355 g/mol. The molecule has 3 amide bonds. The van der Waals surface area contributed by atoms with E-state index in [1.54, 1.807) is 36.1 Å². The number of rotatable bonds is 4. The first-order valence-corrected chi connectivity index (χ1v) is 8.95. The van der Waals surface area contributed by atoms with Crippen molar-refractivity contribution in [3.8, 4) is 0 Å². The lowest BCUT2D eigenvalue weighted by atomic mass is 9.92. The number of nitrogens with zero attached hydrogens (tertiary/aromatic N) is 1. The number of nitrogens with one attached hydrogen (secondary N) is 2. The summed E-state index contributed by atoms with van der Waals surface area (Å²) in [6, 6.07) is 6.88. The van der Waals surface area contributed by atoms with Crippen LogP contribution in [-0.4, -0.2) is 48.0 Å². The Morgan fingerprint density at radius 2 is 2.08 bits per heavy atom. The zero-order chi connectivity index (χ0) is 18.5. The molecule has 0 unspecified atom stereocenters. The van der Waals surface area contributed by atoms with Crippen molar-refractivity contribution in [3.05, 3.63) is 29.8 Å². The summed E-state index contributed by atoms with van der Waals surface area (Å²) in [6.07, 6.45) is 1.41. The third kappa shape index (κ3) is 2.41. The highest BCUT2D eigenvalue weighted by molar-refractivity contribution is 6.19. The van der Waals surface area contributed by atoms with Gasteiger partial charge in [-0.3, -0.25) is 19.2 Å². The summed E-state index contributed by atoms with van der Waals surface area (Å²) < 4.78 is 0. The van der Waals surface area contributed by atoms with Crippen LogP contribution in [0.1, 0.15) is 30.1 Å². The number of amides is 3. The highest BCUT2D eigenvalue weighted by Gasteiger charge is 2.73. The van der Waals surface area contributed by atoms with Crippen LogP contribution in [0.3, 0.4) is 0 Å². The Bertz CT molecular complexity index is 821. The van der Waals surface area contributed by atoms with Gasteiger partial charge in [0, 0.05) is 31.6 Å². The molecule has 7 heteroatoms. The normalized spacial score (nSPS) is 29.6. The number of ketones is 1. The molecule has 3 aliphatic rings. The van der Waals surface area contributed by atoms with E-state index in [0.717, 1.165) is 13.0 Å². The number of benzene rings is 1. The number of Topliss-reactive ketones (excluding diaryl/α,β-unsaturated/α-hetero) is 1. The van der Waals surface area contributed by atoms with Gasteiger partial charge in [-0.2, -0.15) is 0 Å². The van der Waals surface area contributed by atoms with Gasteiger partial charge in [0.1, 0.15) is 0 Å². The lowest BCUT2D eigenvalue weighted by Crippen LogP contribution is -2.37. The first-order valence-electron chi connectivity index (χ1n) is 8.95. The van der Waals surface area contributed by atoms with Gasteiger partial charge in [-0.1, -0.05) is 19.1 Å². The largest absolute Gasteiger partial charge is 0.354 e.